The van der Waals surface area contributed by atoms with Crippen LogP contribution in [-0.4, -0.2) is 46.4 Å². The summed E-state index contributed by atoms with van der Waals surface area (Å²) in [5.41, 5.74) is 3.54. The van der Waals surface area contributed by atoms with E-state index in [-0.39, 0.29) is 23.7 Å². The smallest absolute Gasteiger partial charge is 0.255 e. The van der Waals surface area contributed by atoms with Crippen molar-refractivity contribution >= 4 is 11.7 Å². The third-order valence-corrected chi connectivity index (χ3v) is 6.07. The van der Waals surface area contributed by atoms with Crippen molar-refractivity contribution in [1.82, 2.24) is 9.88 Å². The highest BCUT2D eigenvalue weighted by Gasteiger charge is 2.37. The zero-order chi connectivity index (χ0) is 20.3. The maximum Gasteiger partial charge on any atom is 0.255 e. The van der Waals surface area contributed by atoms with Crippen LogP contribution in [0, 0.1) is 19.3 Å². The molecule has 0 radical (unpaired) electrons. The fourth-order valence-corrected chi connectivity index (χ4v) is 4.43. The molecule has 28 heavy (non-hydrogen) atoms. The van der Waals surface area contributed by atoms with Crippen LogP contribution in [0.4, 0.5) is 0 Å². The summed E-state index contributed by atoms with van der Waals surface area (Å²) in [6, 6.07) is 10.3. The molecule has 5 nitrogen and oxygen atoms in total. The Hall–Kier alpha value is -2.40. The van der Waals surface area contributed by atoms with Crippen molar-refractivity contribution in [2.45, 2.75) is 46.5 Å². The lowest BCUT2D eigenvalue weighted by molar-refractivity contribution is 0.0227. The number of carbonyl (C=O) groups is 2. The highest BCUT2D eigenvalue weighted by molar-refractivity contribution is 6.02. The Bertz CT molecular complexity index is 856. The molecular formula is C23H30N2O3. The summed E-state index contributed by atoms with van der Waals surface area (Å²) in [6.07, 6.45) is 3.54. The fraction of sp³-hybridized carbons (Fsp3) is 0.478. The Labute approximate surface area is 166 Å². The van der Waals surface area contributed by atoms with Gasteiger partial charge in [0.1, 0.15) is 0 Å². The van der Waals surface area contributed by atoms with Gasteiger partial charge in [-0.05, 0) is 50.7 Å². The van der Waals surface area contributed by atoms with Crippen LogP contribution in [0.3, 0.4) is 0 Å². The molecule has 1 aliphatic rings. The van der Waals surface area contributed by atoms with Gasteiger partial charge < -0.3 is 15.0 Å². The van der Waals surface area contributed by atoms with Crippen LogP contribution in [-0.2, 0) is 6.42 Å². The lowest BCUT2D eigenvalue weighted by Gasteiger charge is -2.42. The summed E-state index contributed by atoms with van der Waals surface area (Å²) in [4.78, 5) is 30.0. The van der Waals surface area contributed by atoms with Gasteiger partial charge in [0.25, 0.3) is 5.91 Å². The summed E-state index contributed by atoms with van der Waals surface area (Å²) >= 11 is 0. The maximum absolute atomic E-state index is 13.3. The van der Waals surface area contributed by atoms with Gasteiger partial charge in [0, 0.05) is 31.1 Å². The Morgan fingerprint density at radius 3 is 2.54 bits per heavy atom. The summed E-state index contributed by atoms with van der Waals surface area (Å²) in [5.74, 6) is -0.109. The number of benzene rings is 1. The monoisotopic (exact) mass is 382 g/mol. The lowest BCUT2D eigenvalue weighted by atomic mass is 9.76. The van der Waals surface area contributed by atoms with Crippen LogP contribution >= 0.6 is 0 Å². The maximum atomic E-state index is 13.3. The van der Waals surface area contributed by atoms with E-state index < -0.39 is 0 Å². The second-order valence-electron chi connectivity index (χ2n) is 8.16. The molecule has 2 heterocycles. The van der Waals surface area contributed by atoms with E-state index in [0.29, 0.717) is 24.3 Å². The van der Waals surface area contributed by atoms with E-state index in [0.717, 1.165) is 36.9 Å². The molecular weight excluding hydrogens is 352 g/mol. The van der Waals surface area contributed by atoms with E-state index in [1.165, 1.54) is 12.5 Å². The summed E-state index contributed by atoms with van der Waals surface area (Å²) in [5, 5.41) is 10.2. The summed E-state index contributed by atoms with van der Waals surface area (Å²) in [6.45, 7) is 6.48. The molecule has 0 spiro atoms. The highest BCUT2D eigenvalue weighted by atomic mass is 16.3. The number of nitrogens with zero attached hydrogens (tertiary/aromatic N) is 1. The molecule has 3 rings (SSSR count). The molecule has 1 amide bonds. The molecule has 0 aliphatic carbocycles. The normalized spacial score (nSPS) is 19.6. The quantitative estimate of drug-likeness (QED) is 0.749. The van der Waals surface area contributed by atoms with Gasteiger partial charge in [0.05, 0.1) is 17.9 Å². The highest BCUT2D eigenvalue weighted by Crippen LogP contribution is 2.35. The number of piperidine rings is 1. The van der Waals surface area contributed by atoms with Crippen LogP contribution in [0.15, 0.2) is 30.3 Å². The molecule has 1 fully saturated rings. The average Bonchev–Trinajstić information content (AvgIpc) is 3.01. The van der Waals surface area contributed by atoms with E-state index in [2.05, 4.69) is 17.1 Å². The molecule has 1 atom stereocenters. The molecule has 2 aromatic rings. The number of aliphatic hydroxyl groups is 1. The zero-order valence-corrected chi connectivity index (χ0v) is 17.0. The first-order valence-electron chi connectivity index (χ1n) is 10.0. The Morgan fingerprint density at radius 2 is 1.93 bits per heavy atom. The first-order valence-corrected chi connectivity index (χ1v) is 10.0. The van der Waals surface area contributed by atoms with E-state index in [9.17, 15) is 14.7 Å². The minimum Gasteiger partial charge on any atom is -0.396 e. The van der Waals surface area contributed by atoms with Crippen LogP contribution in [0.5, 0.6) is 0 Å². The zero-order valence-electron chi connectivity index (χ0n) is 17.0. The average molecular weight is 383 g/mol. The van der Waals surface area contributed by atoms with Gasteiger partial charge in [-0.2, -0.15) is 0 Å². The predicted molar refractivity (Wildman–Crippen MR) is 110 cm³/mol. The minimum atomic E-state index is -0.273. The van der Waals surface area contributed by atoms with Crippen molar-refractivity contribution in [1.29, 1.82) is 0 Å². The fourth-order valence-electron chi connectivity index (χ4n) is 4.43. The molecule has 1 aliphatic heterocycles. The van der Waals surface area contributed by atoms with Crippen LogP contribution in [0.2, 0.25) is 0 Å². The number of ketones is 1. The number of hydrogen-bond donors (Lipinski definition) is 2. The number of carbonyl (C=O) groups excluding carboxylic acids is 2. The summed E-state index contributed by atoms with van der Waals surface area (Å²) < 4.78 is 0. The number of aromatic amines is 1. The second kappa shape index (κ2) is 8.31. The number of amides is 1. The number of likely N-dealkylation sites (tertiary alicyclic amines) is 1. The van der Waals surface area contributed by atoms with Gasteiger partial charge in [0.15, 0.2) is 5.78 Å². The van der Waals surface area contributed by atoms with Gasteiger partial charge in [-0.1, -0.05) is 30.3 Å². The van der Waals surface area contributed by atoms with Gasteiger partial charge in [0.2, 0.25) is 0 Å². The van der Waals surface area contributed by atoms with E-state index in [1.807, 2.05) is 36.9 Å². The van der Waals surface area contributed by atoms with Crippen molar-refractivity contribution in [2.24, 2.45) is 5.41 Å². The third-order valence-electron chi connectivity index (χ3n) is 6.07. The van der Waals surface area contributed by atoms with Crippen LogP contribution in [0.25, 0.3) is 0 Å². The topological polar surface area (TPSA) is 73.4 Å². The Kier molecular flexibility index (Phi) is 6.04. The van der Waals surface area contributed by atoms with E-state index in [4.69, 9.17) is 0 Å². The number of aliphatic hydroxyl groups excluding tert-OH is 1. The molecule has 1 aromatic carbocycles. The second-order valence-corrected chi connectivity index (χ2v) is 8.16. The SMILES string of the molecule is CC(=O)c1[nH]c(C)c(C(=O)N2CCC[C@@](CO)(CCc3ccccc3)C2)c1C. The Balaban J connectivity index is 1.78. The molecule has 1 aromatic heterocycles. The van der Waals surface area contributed by atoms with Gasteiger partial charge in [-0.3, -0.25) is 9.59 Å². The third kappa shape index (κ3) is 4.04. The number of aryl methyl sites for hydroxylation is 2. The lowest BCUT2D eigenvalue weighted by Crippen LogP contribution is -2.48. The van der Waals surface area contributed by atoms with Crippen LogP contribution < -0.4 is 0 Å². The van der Waals surface area contributed by atoms with E-state index >= 15 is 0 Å². The van der Waals surface area contributed by atoms with Gasteiger partial charge in [-0.25, -0.2) is 0 Å². The first kappa shape index (κ1) is 20.3. The number of nitrogens with one attached hydrogen (secondary N) is 1. The number of Topliss-reactive ketones (excluding diaryl/α,β-unsaturated/α-hetero) is 1. The number of aromatic nitrogens is 1. The van der Waals surface area contributed by atoms with Gasteiger partial charge in [-0.15, -0.1) is 0 Å². The molecule has 0 bridgehead atoms. The number of rotatable bonds is 6. The van der Waals surface area contributed by atoms with Crippen molar-refractivity contribution in [3.8, 4) is 0 Å². The molecule has 0 saturated carbocycles. The van der Waals surface area contributed by atoms with Gasteiger partial charge >= 0.3 is 0 Å². The number of hydrogen-bond acceptors (Lipinski definition) is 3. The van der Waals surface area contributed by atoms with Crippen molar-refractivity contribution < 1.29 is 14.7 Å². The van der Waals surface area contributed by atoms with Crippen molar-refractivity contribution in [3.63, 3.8) is 0 Å². The Morgan fingerprint density at radius 1 is 1.21 bits per heavy atom. The van der Waals surface area contributed by atoms with Crippen LogP contribution in [0.1, 0.15) is 63.9 Å². The largest absolute Gasteiger partial charge is 0.396 e. The van der Waals surface area contributed by atoms with Crippen molar-refractivity contribution in [2.75, 3.05) is 19.7 Å². The molecule has 5 heteroatoms. The molecule has 0 unspecified atom stereocenters. The predicted octanol–water partition coefficient (Wildman–Crippen LogP) is 3.68. The summed E-state index contributed by atoms with van der Waals surface area (Å²) in [7, 11) is 0. The van der Waals surface area contributed by atoms with E-state index in [1.54, 1.807) is 0 Å². The minimum absolute atomic E-state index is 0.0454. The molecule has 1 saturated heterocycles. The standard InChI is InChI=1S/C23H30N2O3/c1-16-20(17(2)24-21(16)18(3)27)22(28)25-13-7-11-23(14-25,15-26)12-10-19-8-5-4-6-9-19/h4-6,8-9,24,26H,7,10-15H2,1-3H3/t23-/m1/s1. The number of H-pyrrole nitrogens is 1. The first-order chi connectivity index (χ1) is 13.4. The van der Waals surface area contributed by atoms with Crippen molar-refractivity contribution in [3.05, 3.63) is 58.4 Å². The molecule has 150 valence electrons. The molecule has 2 N–H and O–H groups in total.